The number of benzene rings is 1. The van der Waals surface area contributed by atoms with Crippen molar-refractivity contribution in [1.29, 1.82) is 0 Å². The molecule has 8 nitrogen and oxygen atoms in total. The van der Waals surface area contributed by atoms with Crippen molar-refractivity contribution < 1.29 is 18.4 Å². The number of thioether (sulfide) groups is 1. The highest BCUT2D eigenvalue weighted by Gasteiger charge is 2.20. The maximum absolute atomic E-state index is 13.4. The summed E-state index contributed by atoms with van der Waals surface area (Å²) >= 11 is 2.74. The molecule has 0 aliphatic carbocycles. The van der Waals surface area contributed by atoms with Crippen LogP contribution in [0.4, 0.5) is 4.39 Å². The number of nitrogens with two attached hydrogens (primary N) is 1. The van der Waals surface area contributed by atoms with E-state index >= 15 is 0 Å². The van der Waals surface area contributed by atoms with Crippen LogP contribution in [0.5, 0.6) is 0 Å². The Balaban J connectivity index is 1.47. The molecule has 1 unspecified atom stereocenters. The second-order valence-electron chi connectivity index (χ2n) is 7.39. The third-order valence-electron chi connectivity index (χ3n) is 4.95. The van der Waals surface area contributed by atoms with Crippen LogP contribution in [0.15, 0.2) is 69.7 Å². The van der Waals surface area contributed by atoms with Crippen molar-refractivity contribution in [2.75, 3.05) is 5.75 Å². The van der Waals surface area contributed by atoms with E-state index in [-0.39, 0.29) is 29.9 Å². The number of halogens is 1. The van der Waals surface area contributed by atoms with Gasteiger partial charge in [0, 0.05) is 17.7 Å². The van der Waals surface area contributed by atoms with Gasteiger partial charge in [-0.05, 0) is 41.3 Å². The van der Waals surface area contributed by atoms with Crippen molar-refractivity contribution in [3.8, 4) is 0 Å². The first-order valence-electron chi connectivity index (χ1n) is 10.4. The lowest BCUT2D eigenvalue weighted by atomic mass is 10.1. The molecule has 4 rings (SSSR count). The minimum atomic E-state index is -0.429. The number of hydrogen-bond donors (Lipinski definition) is 2. The molecular formula is C23H22FN5O3S2. The molecule has 0 fully saturated rings. The number of amides is 2. The van der Waals surface area contributed by atoms with Crippen molar-refractivity contribution in [2.45, 2.75) is 30.6 Å². The molecule has 2 amide bonds. The number of nitrogens with zero attached hydrogens (tertiary/aromatic N) is 3. The standard InChI is InChI=1S/C23H22FN5O3S2/c24-16-7-5-15(6-8-16)22(18-4-2-12-33-18)26-21(31)14-34-23-28-27-20(10-9-19(25)30)29(23)13-17-3-1-11-32-17/h1-8,11-12,22H,9-10,13-14H2,(H2,25,30)(H,26,31). The molecule has 0 radical (unpaired) electrons. The highest BCUT2D eigenvalue weighted by Crippen LogP contribution is 2.27. The van der Waals surface area contributed by atoms with E-state index in [1.807, 2.05) is 28.1 Å². The number of thiophene rings is 1. The van der Waals surface area contributed by atoms with Gasteiger partial charge in [0.25, 0.3) is 0 Å². The molecule has 34 heavy (non-hydrogen) atoms. The fourth-order valence-corrected chi connectivity index (χ4v) is 4.90. The molecule has 0 saturated heterocycles. The van der Waals surface area contributed by atoms with Gasteiger partial charge in [-0.2, -0.15) is 0 Å². The second kappa shape index (κ2) is 11.1. The Bertz CT molecular complexity index is 1220. The third kappa shape index (κ3) is 6.12. The topological polar surface area (TPSA) is 116 Å². The number of primary amides is 1. The Morgan fingerprint density at radius 3 is 2.68 bits per heavy atom. The first-order valence-corrected chi connectivity index (χ1v) is 12.3. The summed E-state index contributed by atoms with van der Waals surface area (Å²) < 4.78 is 20.7. The number of aromatic nitrogens is 3. The third-order valence-corrected chi connectivity index (χ3v) is 6.86. The summed E-state index contributed by atoms with van der Waals surface area (Å²) in [6.45, 7) is 0.367. The lowest BCUT2D eigenvalue weighted by Gasteiger charge is -2.18. The SMILES string of the molecule is NC(=O)CCc1nnc(SCC(=O)NC(c2ccc(F)cc2)c2cccs2)n1Cc1ccco1. The zero-order valence-electron chi connectivity index (χ0n) is 18.0. The fraction of sp³-hybridized carbons (Fsp3) is 0.217. The second-order valence-corrected chi connectivity index (χ2v) is 9.31. The van der Waals surface area contributed by atoms with E-state index in [1.165, 1.54) is 35.2 Å². The van der Waals surface area contributed by atoms with Gasteiger partial charge in [-0.25, -0.2) is 4.39 Å². The summed E-state index contributed by atoms with van der Waals surface area (Å²) in [6.07, 6.45) is 2.05. The smallest absolute Gasteiger partial charge is 0.231 e. The van der Waals surface area contributed by atoms with Gasteiger partial charge in [-0.1, -0.05) is 30.0 Å². The number of aryl methyl sites for hydroxylation is 1. The van der Waals surface area contributed by atoms with E-state index in [2.05, 4.69) is 15.5 Å². The molecule has 1 atom stereocenters. The summed E-state index contributed by atoms with van der Waals surface area (Å²) in [5, 5.41) is 13.9. The molecule has 4 aromatic rings. The zero-order valence-corrected chi connectivity index (χ0v) is 19.7. The number of furan rings is 1. The fourth-order valence-electron chi connectivity index (χ4n) is 3.33. The predicted molar refractivity (Wildman–Crippen MR) is 127 cm³/mol. The van der Waals surface area contributed by atoms with Crippen LogP contribution in [-0.2, 0) is 22.6 Å². The normalized spacial score (nSPS) is 11.9. The molecule has 3 heterocycles. The summed E-state index contributed by atoms with van der Waals surface area (Å²) in [5.41, 5.74) is 6.07. The Kier molecular flexibility index (Phi) is 7.76. The van der Waals surface area contributed by atoms with Gasteiger partial charge in [0.05, 0.1) is 24.6 Å². The van der Waals surface area contributed by atoms with Crippen LogP contribution in [0.25, 0.3) is 0 Å². The molecule has 3 N–H and O–H groups in total. The van der Waals surface area contributed by atoms with E-state index in [0.29, 0.717) is 29.7 Å². The van der Waals surface area contributed by atoms with Crippen LogP contribution in [0, 0.1) is 5.82 Å². The van der Waals surface area contributed by atoms with Gasteiger partial charge >= 0.3 is 0 Å². The highest BCUT2D eigenvalue weighted by atomic mass is 32.2. The van der Waals surface area contributed by atoms with Crippen LogP contribution in [-0.4, -0.2) is 32.3 Å². The van der Waals surface area contributed by atoms with E-state index in [1.54, 1.807) is 24.5 Å². The van der Waals surface area contributed by atoms with E-state index in [9.17, 15) is 14.0 Å². The van der Waals surface area contributed by atoms with Crippen molar-refractivity contribution in [2.24, 2.45) is 5.73 Å². The number of rotatable bonds is 11. The lowest BCUT2D eigenvalue weighted by Crippen LogP contribution is -2.30. The number of carbonyl (C=O) groups is 2. The molecule has 3 aromatic heterocycles. The molecule has 0 aliphatic rings. The van der Waals surface area contributed by atoms with Gasteiger partial charge in [0.2, 0.25) is 11.8 Å². The van der Waals surface area contributed by atoms with Crippen molar-refractivity contribution >= 4 is 34.9 Å². The predicted octanol–water partition coefficient (Wildman–Crippen LogP) is 3.54. The van der Waals surface area contributed by atoms with Crippen LogP contribution in [0.2, 0.25) is 0 Å². The molecule has 11 heteroatoms. The van der Waals surface area contributed by atoms with Crippen molar-refractivity contribution in [3.05, 3.63) is 88.0 Å². The van der Waals surface area contributed by atoms with Crippen LogP contribution in [0.3, 0.4) is 0 Å². The molecule has 1 aromatic carbocycles. The zero-order chi connectivity index (χ0) is 23.9. The Hall–Kier alpha value is -3.44. The molecule has 0 aliphatic heterocycles. The molecule has 0 spiro atoms. The number of hydrogen-bond acceptors (Lipinski definition) is 7. The summed E-state index contributed by atoms with van der Waals surface area (Å²) in [6, 6.07) is 13.1. The van der Waals surface area contributed by atoms with Crippen LogP contribution >= 0.6 is 23.1 Å². The monoisotopic (exact) mass is 499 g/mol. The Morgan fingerprint density at radius 2 is 2.00 bits per heavy atom. The minimum Gasteiger partial charge on any atom is -0.467 e. The van der Waals surface area contributed by atoms with Gasteiger partial charge in [-0.15, -0.1) is 21.5 Å². The minimum absolute atomic E-state index is 0.0924. The van der Waals surface area contributed by atoms with E-state index < -0.39 is 5.91 Å². The van der Waals surface area contributed by atoms with E-state index in [0.717, 1.165) is 10.4 Å². The summed E-state index contributed by atoms with van der Waals surface area (Å²) in [7, 11) is 0. The molecule has 0 saturated carbocycles. The number of carbonyl (C=O) groups excluding carboxylic acids is 2. The van der Waals surface area contributed by atoms with Crippen LogP contribution in [0.1, 0.15) is 34.5 Å². The highest BCUT2D eigenvalue weighted by molar-refractivity contribution is 7.99. The number of nitrogens with one attached hydrogen (secondary N) is 1. The maximum Gasteiger partial charge on any atom is 0.231 e. The molecule has 0 bridgehead atoms. The van der Waals surface area contributed by atoms with Gasteiger partial charge < -0.3 is 15.5 Å². The largest absolute Gasteiger partial charge is 0.467 e. The molecular weight excluding hydrogens is 477 g/mol. The maximum atomic E-state index is 13.4. The average Bonchev–Trinajstić information content (AvgIpc) is 3.59. The van der Waals surface area contributed by atoms with Crippen LogP contribution < -0.4 is 11.1 Å². The summed E-state index contributed by atoms with van der Waals surface area (Å²) in [4.78, 5) is 25.0. The summed E-state index contributed by atoms with van der Waals surface area (Å²) in [5.74, 6) is 0.398. The Morgan fingerprint density at radius 1 is 1.18 bits per heavy atom. The molecule has 176 valence electrons. The van der Waals surface area contributed by atoms with Gasteiger partial charge in [0.1, 0.15) is 17.4 Å². The van der Waals surface area contributed by atoms with Crippen molar-refractivity contribution in [1.82, 2.24) is 20.1 Å². The average molecular weight is 500 g/mol. The Labute approximate surface area is 203 Å². The van der Waals surface area contributed by atoms with Gasteiger partial charge in [-0.3, -0.25) is 14.2 Å². The van der Waals surface area contributed by atoms with E-state index in [4.69, 9.17) is 10.2 Å². The first kappa shape index (κ1) is 23.7. The quantitative estimate of drug-likeness (QED) is 0.305. The van der Waals surface area contributed by atoms with Crippen molar-refractivity contribution in [3.63, 3.8) is 0 Å². The lowest BCUT2D eigenvalue weighted by molar-refractivity contribution is -0.119. The first-order chi connectivity index (χ1) is 16.5. The van der Waals surface area contributed by atoms with Gasteiger partial charge in [0.15, 0.2) is 5.16 Å².